The third-order valence-electron chi connectivity index (χ3n) is 6.59. The summed E-state index contributed by atoms with van der Waals surface area (Å²) in [6.07, 6.45) is 2.46. The van der Waals surface area contributed by atoms with Gasteiger partial charge in [0.25, 0.3) is 5.56 Å². The highest BCUT2D eigenvalue weighted by molar-refractivity contribution is 5.91. The third kappa shape index (κ3) is 5.90. The number of hydrogen-bond acceptors (Lipinski definition) is 6. The van der Waals surface area contributed by atoms with E-state index in [-0.39, 0.29) is 18.9 Å². The quantitative estimate of drug-likeness (QED) is 0.287. The van der Waals surface area contributed by atoms with Gasteiger partial charge in [0.15, 0.2) is 11.5 Å². The van der Waals surface area contributed by atoms with E-state index < -0.39 is 0 Å². The number of carbonyl (C=O) groups excluding carboxylic acids is 1. The molecule has 0 fully saturated rings. The van der Waals surface area contributed by atoms with Crippen LogP contribution in [-0.4, -0.2) is 43.7 Å². The molecule has 202 valence electrons. The molecule has 8 nitrogen and oxygen atoms in total. The van der Waals surface area contributed by atoms with E-state index in [0.29, 0.717) is 42.9 Å². The predicted molar refractivity (Wildman–Crippen MR) is 152 cm³/mol. The van der Waals surface area contributed by atoms with Crippen molar-refractivity contribution in [1.29, 1.82) is 0 Å². The van der Waals surface area contributed by atoms with Gasteiger partial charge in [0.05, 0.1) is 26.8 Å². The number of aromatic nitrogens is 2. The summed E-state index contributed by atoms with van der Waals surface area (Å²) in [5.41, 5.74) is 4.06. The molecule has 0 atom stereocenters. The summed E-state index contributed by atoms with van der Waals surface area (Å²) in [5.74, 6) is 1.87. The average Bonchev–Trinajstić information content (AvgIpc) is 2.91. The van der Waals surface area contributed by atoms with Gasteiger partial charge in [-0.25, -0.2) is 0 Å². The van der Waals surface area contributed by atoms with Crippen LogP contribution in [0.5, 0.6) is 17.2 Å². The van der Waals surface area contributed by atoms with E-state index in [1.165, 1.54) is 6.92 Å². The first kappa shape index (κ1) is 28.5. The Labute approximate surface area is 223 Å². The smallest absolute Gasteiger partial charge is 0.252 e. The number of methoxy groups -OCH3 is 3. The largest absolute Gasteiger partial charge is 0.497 e. The lowest BCUT2D eigenvalue weighted by Crippen LogP contribution is -2.21. The number of ether oxygens (including phenoxy) is 3. The topological polar surface area (TPSA) is 103 Å². The van der Waals surface area contributed by atoms with E-state index in [2.05, 4.69) is 16.4 Å². The molecule has 0 aliphatic heterocycles. The minimum absolute atomic E-state index is 0. The highest BCUT2D eigenvalue weighted by atomic mass is 16.5. The highest BCUT2D eigenvalue weighted by Gasteiger charge is 2.18. The lowest BCUT2D eigenvalue weighted by molar-refractivity contribution is -0.118. The van der Waals surface area contributed by atoms with E-state index in [1.54, 1.807) is 21.3 Å². The molecule has 0 bridgehead atoms. The number of hydrogen-bond donors (Lipinski definition) is 2. The normalized spacial score (nSPS) is 10.8. The van der Waals surface area contributed by atoms with Crippen molar-refractivity contribution in [2.24, 2.45) is 0 Å². The Morgan fingerprint density at radius 3 is 2.34 bits per heavy atom. The number of fused-ring (bicyclic) bond motifs is 2. The van der Waals surface area contributed by atoms with Gasteiger partial charge in [-0.2, -0.15) is 0 Å². The fraction of sp³-hybridized carbons (Fsp3) is 0.367. The lowest BCUT2D eigenvalue weighted by atomic mass is 9.95. The Hall–Kier alpha value is -4.07. The summed E-state index contributed by atoms with van der Waals surface area (Å²) >= 11 is 0. The van der Waals surface area contributed by atoms with Gasteiger partial charge in [0.1, 0.15) is 5.75 Å². The molecule has 2 heterocycles. The first-order chi connectivity index (χ1) is 17.9. The Bertz CT molecular complexity index is 1510. The van der Waals surface area contributed by atoms with Crippen molar-refractivity contribution in [3.63, 3.8) is 0 Å². The third-order valence-corrected chi connectivity index (χ3v) is 6.59. The van der Waals surface area contributed by atoms with Crippen LogP contribution in [0.4, 0.5) is 0 Å². The van der Waals surface area contributed by atoms with E-state index >= 15 is 0 Å². The molecule has 8 heteroatoms. The monoisotopic (exact) mass is 519 g/mol. The van der Waals surface area contributed by atoms with E-state index in [9.17, 15) is 9.59 Å². The summed E-state index contributed by atoms with van der Waals surface area (Å²) in [7, 11) is 4.82. The Morgan fingerprint density at radius 1 is 1.00 bits per heavy atom. The fourth-order valence-corrected chi connectivity index (χ4v) is 4.68. The Kier molecular flexibility index (Phi) is 9.34. The maximum Gasteiger partial charge on any atom is 0.252 e. The van der Waals surface area contributed by atoms with Crippen LogP contribution in [0.2, 0.25) is 0 Å². The Morgan fingerprint density at radius 2 is 1.71 bits per heavy atom. The molecular weight excluding hydrogens is 482 g/mol. The molecule has 38 heavy (non-hydrogen) atoms. The molecule has 2 N–H and O–H groups in total. The van der Waals surface area contributed by atoms with Gasteiger partial charge in [-0.1, -0.05) is 14.4 Å². The highest BCUT2D eigenvalue weighted by Crippen LogP contribution is 2.35. The lowest BCUT2D eigenvalue weighted by Gasteiger charge is -2.16. The van der Waals surface area contributed by atoms with Gasteiger partial charge in [0, 0.05) is 47.6 Å². The minimum Gasteiger partial charge on any atom is -0.497 e. The van der Waals surface area contributed by atoms with Gasteiger partial charge in [-0.05, 0) is 66.6 Å². The number of amides is 1. The molecular formula is C30H37N3O5. The molecule has 4 rings (SSSR count). The first-order valence-electron chi connectivity index (χ1n) is 12.4. The summed E-state index contributed by atoms with van der Waals surface area (Å²) in [5, 5.41) is 5.53. The maximum absolute atomic E-state index is 13.4. The zero-order valence-corrected chi connectivity index (χ0v) is 22.0. The number of carbonyl (C=O) groups is 1. The molecule has 0 saturated heterocycles. The number of pyridine rings is 2. The van der Waals surface area contributed by atoms with Gasteiger partial charge in [0.2, 0.25) is 5.91 Å². The van der Waals surface area contributed by atoms with Crippen LogP contribution in [0, 0.1) is 0 Å². The fourth-order valence-electron chi connectivity index (χ4n) is 4.68. The SMILES string of the molecule is C.CCc1[nH]c(=O)c(Cc2cc3cc(OC)ccc3nc2CCCNC(C)=O)c2cc(OC)c(OC)cc12. The molecule has 0 radical (unpaired) electrons. The summed E-state index contributed by atoms with van der Waals surface area (Å²) in [4.78, 5) is 32.7. The number of nitrogens with zero attached hydrogens (tertiary/aromatic N) is 1. The van der Waals surface area contributed by atoms with E-state index in [0.717, 1.165) is 50.8 Å². The van der Waals surface area contributed by atoms with Crippen LogP contribution in [0.15, 0.2) is 41.2 Å². The zero-order valence-electron chi connectivity index (χ0n) is 22.0. The van der Waals surface area contributed by atoms with E-state index in [4.69, 9.17) is 19.2 Å². The second-order valence-corrected chi connectivity index (χ2v) is 8.93. The van der Waals surface area contributed by atoms with Gasteiger partial charge >= 0.3 is 0 Å². The number of benzene rings is 2. The number of aryl methyl sites for hydroxylation is 2. The van der Waals surface area contributed by atoms with Crippen molar-refractivity contribution in [1.82, 2.24) is 15.3 Å². The van der Waals surface area contributed by atoms with Crippen molar-refractivity contribution in [2.75, 3.05) is 27.9 Å². The summed E-state index contributed by atoms with van der Waals surface area (Å²) in [6, 6.07) is 11.7. The minimum atomic E-state index is -0.133. The number of nitrogens with one attached hydrogen (secondary N) is 2. The molecule has 4 aromatic rings. The predicted octanol–water partition coefficient (Wildman–Crippen LogP) is 4.96. The molecule has 0 saturated carbocycles. The molecule has 1 amide bonds. The number of rotatable bonds is 10. The van der Waals surface area contributed by atoms with Crippen molar-refractivity contribution in [3.05, 3.63) is 69.3 Å². The van der Waals surface area contributed by atoms with Crippen LogP contribution >= 0.6 is 0 Å². The first-order valence-corrected chi connectivity index (χ1v) is 12.4. The van der Waals surface area contributed by atoms with Crippen molar-refractivity contribution >= 4 is 27.6 Å². The molecule has 2 aromatic carbocycles. The van der Waals surface area contributed by atoms with Crippen LogP contribution in [0.25, 0.3) is 21.7 Å². The van der Waals surface area contributed by atoms with Crippen molar-refractivity contribution in [3.8, 4) is 17.2 Å². The van der Waals surface area contributed by atoms with Crippen molar-refractivity contribution in [2.45, 2.75) is 47.0 Å². The average molecular weight is 520 g/mol. The van der Waals surface area contributed by atoms with Crippen LogP contribution in [0.1, 0.15) is 50.2 Å². The van der Waals surface area contributed by atoms with Gasteiger partial charge in [-0.15, -0.1) is 0 Å². The molecule has 0 aliphatic rings. The van der Waals surface area contributed by atoms with Crippen LogP contribution in [0.3, 0.4) is 0 Å². The Balaban J connectivity index is 0.00000400. The number of H-pyrrole nitrogens is 1. The standard InChI is InChI=1S/C29H33N3O5.CH4/c1-6-24-22-16-28(37-5)27(36-4)15-21(22)23(29(34)32-24)14-19-12-18-13-20(35-3)9-10-26(18)31-25(19)8-7-11-30-17(2)33;/h9-10,12-13,15-16H,6-8,11,14H2,1-5H3,(H,30,33)(H,32,34);1H4. The second-order valence-electron chi connectivity index (χ2n) is 8.93. The maximum atomic E-state index is 13.4. The summed E-state index contributed by atoms with van der Waals surface area (Å²) < 4.78 is 16.5. The molecule has 0 aliphatic carbocycles. The second kappa shape index (κ2) is 12.4. The number of aromatic amines is 1. The van der Waals surface area contributed by atoms with Crippen molar-refractivity contribution < 1.29 is 19.0 Å². The van der Waals surface area contributed by atoms with E-state index in [1.807, 2.05) is 37.3 Å². The molecule has 0 spiro atoms. The van der Waals surface area contributed by atoms with Gasteiger partial charge in [-0.3, -0.25) is 14.6 Å². The van der Waals surface area contributed by atoms with Crippen LogP contribution in [-0.2, 0) is 24.1 Å². The molecule has 0 unspecified atom stereocenters. The molecule has 2 aromatic heterocycles. The van der Waals surface area contributed by atoms with Crippen LogP contribution < -0.4 is 25.1 Å². The zero-order chi connectivity index (χ0) is 26.5. The van der Waals surface area contributed by atoms with Gasteiger partial charge < -0.3 is 24.5 Å². The summed E-state index contributed by atoms with van der Waals surface area (Å²) in [6.45, 7) is 4.07.